The number of hydrogen-bond acceptors (Lipinski definition) is 4. The monoisotopic (exact) mass is 447 g/mol. The highest BCUT2D eigenvalue weighted by atomic mass is 19.1. The summed E-state index contributed by atoms with van der Waals surface area (Å²) in [5, 5.41) is 2.84. The number of nitrogens with zero attached hydrogens (tertiary/aromatic N) is 4. The van der Waals surface area contributed by atoms with E-state index in [4.69, 9.17) is 0 Å². The molecular weight excluding hydrogens is 416 g/mol. The lowest BCUT2D eigenvalue weighted by atomic mass is 9.85. The normalized spacial score (nSPS) is 15.6. The summed E-state index contributed by atoms with van der Waals surface area (Å²) >= 11 is 0. The zero-order valence-corrected chi connectivity index (χ0v) is 19.5. The Labute approximate surface area is 187 Å². The van der Waals surface area contributed by atoms with Crippen LogP contribution >= 0.6 is 0 Å². The molecule has 2 aromatic rings. The molecule has 174 valence electrons. The van der Waals surface area contributed by atoms with Gasteiger partial charge in [0.05, 0.1) is 11.3 Å². The lowest BCUT2D eigenvalue weighted by molar-refractivity contribution is -0.133. The van der Waals surface area contributed by atoms with Gasteiger partial charge in [0.1, 0.15) is 23.5 Å². The molecule has 1 atom stereocenters. The Morgan fingerprint density at radius 2 is 1.88 bits per heavy atom. The summed E-state index contributed by atoms with van der Waals surface area (Å²) in [5.41, 5.74) is 0.207. The average molecular weight is 448 g/mol. The molecule has 9 heteroatoms. The maximum atomic E-state index is 14.6. The number of likely N-dealkylation sites (N-methyl/N-ethyl adjacent to an activating group) is 1. The van der Waals surface area contributed by atoms with Crippen LogP contribution in [0.15, 0.2) is 18.2 Å². The van der Waals surface area contributed by atoms with Crippen molar-refractivity contribution >= 4 is 11.8 Å². The van der Waals surface area contributed by atoms with Crippen LogP contribution in [0.2, 0.25) is 0 Å². The Hall–Kier alpha value is -2.81. The molecule has 3 rings (SSSR count). The number of nitrogens with one attached hydrogen (secondary N) is 1. The first-order valence-electron chi connectivity index (χ1n) is 10.7. The zero-order chi connectivity index (χ0) is 23.8. The van der Waals surface area contributed by atoms with Crippen LogP contribution in [0.1, 0.15) is 43.4 Å². The van der Waals surface area contributed by atoms with Crippen LogP contribution in [0.25, 0.3) is 11.4 Å². The molecular formula is C23H31F2N5O2. The fraction of sp³-hybridized carbons (Fsp3) is 0.522. The van der Waals surface area contributed by atoms with Gasteiger partial charge in [-0.2, -0.15) is 0 Å². The molecule has 1 aliphatic rings. The number of carbonyl (C=O) groups excluding carboxylic acids is 2. The third kappa shape index (κ3) is 4.82. The summed E-state index contributed by atoms with van der Waals surface area (Å²) in [5.74, 6) is -1.73. The molecule has 0 aliphatic carbocycles. The van der Waals surface area contributed by atoms with Gasteiger partial charge in [-0.15, -0.1) is 0 Å². The number of aromatic nitrogens is 2. The van der Waals surface area contributed by atoms with Crippen molar-refractivity contribution in [2.45, 2.75) is 46.3 Å². The van der Waals surface area contributed by atoms with Gasteiger partial charge < -0.3 is 19.7 Å². The van der Waals surface area contributed by atoms with Crippen LogP contribution < -0.4 is 5.32 Å². The van der Waals surface area contributed by atoms with Crippen LogP contribution in [-0.2, 0) is 17.9 Å². The van der Waals surface area contributed by atoms with E-state index in [1.807, 2.05) is 27.8 Å². The van der Waals surface area contributed by atoms with Crippen LogP contribution in [0.5, 0.6) is 0 Å². The third-order valence-corrected chi connectivity index (χ3v) is 5.63. The molecule has 0 bridgehead atoms. The molecule has 0 saturated heterocycles. The first-order chi connectivity index (χ1) is 14.9. The standard InChI is InChI=1S/C23H31F2N5O2/c1-23(2,3)19(22(32)28(4)5)27-21(31)18-17-13-29(6)10-7-11-30(17)20(26-18)15-12-14(24)8-9-16(15)25/h8-9,12,19H,7,10-11,13H2,1-6H3,(H,27,31)/t19-/m1/s1. The molecule has 0 saturated carbocycles. The number of fused-ring (bicyclic) bond motifs is 1. The third-order valence-electron chi connectivity index (χ3n) is 5.63. The Balaban J connectivity index is 2.10. The molecule has 1 N–H and O–H groups in total. The van der Waals surface area contributed by atoms with Crippen molar-refractivity contribution in [3.05, 3.63) is 41.2 Å². The minimum Gasteiger partial charge on any atom is -0.347 e. The van der Waals surface area contributed by atoms with Crippen LogP contribution in [-0.4, -0.2) is 64.9 Å². The largest absolute Gasteiger partial charge is 0.347 e. The second-order valence-corrected chi connectivity index (χ2v) is 9.60. The van der Waals surface area contributed by atoms with Crippen LogP contribution in [0, 0.1) is 17.0 Å². The number of amides is 2. The number of imidazole rings is 1. The Bertz CT molecular complexity index is 1030. The van der Waals surface area contributed by atoms with E-state index >= 15 is 0 Å². The Kier molecular flexibility index (Phi) is 6.69. The average Bonchev–Trinajstić information content (AvgIpc) is 2.92. The summed E-state index contributed by atoms with van der Waals surface area (Å²) in [7, 11) is 5.20. The predicted molar refractivity (Wildman–Crippen MR) is 118 cm³/mol. The van der Waals surface area contributed by atoms with Crippen LogP contribution in [0.4, 0.5) is 8.78 Å². The summed E-state index contributed by atoms with van der Waals surface area (Å²) < 4.78 is 30.3. The van der Waals surface area contributed by atoms with Gasteiger partial charge in [-0.3, -0.25) is 9.59 Å². The lowest BCUT2D eigenvalue weighted by Crippen LogP contribution is -2.53. The van der Waals surface area contributed by atoms with Gasteiger partial charge in [-0.1, -0.05) is 20.8 Å². The Morgan fingerprint density at radius 3 is 2.50 bits per heavy atom. The van der Waals surface area contributed by atoms with E-state index in [0.29, 0.717) is 18.8 Å². The van der Waals surface area contributed by atoms with Gasteiger partial charge in [0.2, 0.25) is 5.91 Å². The second-order valence-electron chi connectivity index (χ2n) is 9.60. The molecule has 2 heterocycles. The molecule has 0 fully saturated rings. The van der Waals surface area contributed by atoms with Gasteiger partial charge in [-0.25, -0.2) is 13.8 Å². The molecule has 0 radical (unpaired) electrons. The van der Waals surface area contributed by atoms with Crippen LogP contribution in [0.3, 0.4) is 0 Å². The van der Waals surface area contributed by atoms with Crippen molar-refractivity contribution in [2.24, 2.45) is 5.41 Å². The van der Waals surface area contributed by atoms with Gasteiger partial charge in [-0.05, 0) is 43.6 Å². The maximum absolute atomic E-state index is 14.6. The van der Waals surface area contributed by atoms with E-state index in [0.717, 1.165) is 31.2 Å². The summed E-state index contributed by atoms with van der Waals surface area (Å²) in [4.78, 5) is 34.1. The highest BCUT2D eigenvalue weighted by molar-refractivity contribution is 5.97. The highest BCUT2D eigenvalue weighted by Gasteiger charge is 2.36. The quantitative estimate of drug-likeness (QED) is 0.783. The van der Waals surface area contributed by atoms with Gasteiger partial charge in [0, 0.05) is 27.2 Å². The van der Waals surface area contributed by atoms with Crippen molar-refractivity contribution in [1.29, 1.82) is 0 Å². The fourth-order valence-corrected chi connectivity index (χ4v) is 3.88. The van der Waals surface area contributed by atoms with E-state index in [9.17, 15) is 18.4 Å². The molecule has 7 nitrogen and oxygen atoms in total. The summed E-state index contributed by atoms with van der Waals surface area (Å²) in [6.07, 6.45) is 0.772. The van der Waals surface area contributed by atoms with E-state index < -0.39 is 29.0 Å². The molecule has 0 unspecified atom stereocenters. The summed E-state index contributed by atoms with van der Waals surface area (Å²) in [6.45, 7) is 7.34. The van der Waals surface area contributed by atoms with E-state index in [1.165, 1.54) is 4.90 Å². The van der Waals surface area contributed by atoms with Gasteiger partial charge >= 0.3 is 0 Å². The number of halogens is 2. The van der Waals surface area contributed by atoms with E-state index in [-0.39, 0.29) is 23.0 Å². The van der Waals surface area contributed by atoms with Crippen molar-refractivity contribution in [3.63, 3.8) is 0 Å². The lowest BCUT2D eigenvalue weighted by Gasteiger charge is -2.32. The molecule has 32 heavy (non-hydrogen) atoms. The topological polar surface area (TPSA) is 70.5 Å². The summed E-state index contributed by atoms with van der Waals surface area (Å²) in [6, 6.07) is 2.42. The SMILES string of the molecule is CN1CCCn2c(-c3cc(F)ccc3F)nc(C(=O)N[C@H](C(=O)N(C)C)C(C)(C)C)c2C1. The number of rotatable bonds is 4. The van der Waals surface area contributed by atoms with Gasteiger partial charge in [0.15, 0.2) is 5.69 Å². The van der Waals surface area contributed by atoms with Crippen molar-refractivity contribution in [1.82, 2.24) is 24.7 Å². The molecule has 2 amide bonds. The molecule has 1 aromatic carbocycles. The number of hydrogen-bond donors (Lipinski definition) is 1. The number of carbonyl (C=O) groups is 2. The number of benzene rings is 1. The minimum atomic E-state index is -0.778. The first-order valence-corrected chi connectivity index (χ1v) is 10.7. The zero-order valence-electron chi connectivity index (χ0n) is 19.5. The molecule has 1 aliphatic heterocycles. The maximum Gasteiger partial charge on any atom is 0.272 e. The molecule has 1 aromatic heterocycles. The molecule has 0 spiro atoms. The van der Waals surface area contributed by atoms with Crippen molar-refractivity contribution in [2.75, 3.05) is 27.7 Å². The fourth-order valence-electron chi connectivity index (χ4n) is 3.88. The predicted octanol–water partition coefficient (Wildman–Crippen LogP) is 2.90. The second kappa shape index (κ2) is 8.97. The van der Waals surface area contributed by atoms with Crippen molar-refractivity contribution in [3.8, 4) is 11.4 Å². The van der Waals surface area contributed by atoms with E-state index in [2.05, 4.69) is 15.2 Å². The smallest absolute Gasteiger partial charge is 0.272 e. The Morgan fingerprint density at radius 1 is 1.19 bits per heavy atom. The van der Waals surface area contributed by atoms with E-state index in [1.54, 1.807) is 18.7 Å². The van der Waals surface area contributed by atoms with Crippen molar-refractivity contribution < 1.29 is 18.4 Å². The van der Waals surface area contributed by atoms with Gasteiger partial charge in [0.25, 0.3) is 5.91 Å². The highest BCUT2D eigenvalue weighted by Crippen LogP contribution is 2.29. The minimum absolute atomic E-state index is 0.00610. The first kappa shape index (κ1) is 23.8.